The van der Waals surface area contributed by atoms with Crippen LogP contribution in [-0.2, 0) is 6.42 Å². The minimum absolute atomic E-state index is 0.537. The van der Waals surface area contributed by atoms with Gasteiger partial charge in [0.2, 0.25) is 0 Å². The first kappa shape index (κ1) is 10.4. The molecule has 0 bridgehead atoms. The molecule has 0 radical (unpaired) electrons. The maximum Gasteiger partial charge on any atom is 0.130 e. The van der Waals surface area contributed by atoms with Crippen molar-refractivity contribution in [1.82, 2.24) is 29.9 Å². The van der Waals surface area contributed by atoms with E-state index in [1.807, 2.05) is 20.8 Å². The van der Waals surface area contributed by atoms with Gasteiger partial charge in [0.1, 0.15) is 23.3 Å². The zero-order valence-electron chi connectivity index (χ0n) is 10.3. The average Bonchev–Trinajstić information content (AvgIpc) is 2.75. The first-order chi connectivity index (χ1) is 8.15. The quantitative estimate of drug-likeness (QED) is 0.860. The molecular weight excluding hydrogens is 216 g/mol. The highest BCUT2D eigenvalue weighted by molar-refractivity contribution is 5.06. The monoisotopic (exact) mass is 232 g/mol. The fourth-order valence-electron chi connectivity index (χ4n) is 2.46. The molecule has 2 heterocycles. The average molecular weight is 232 g/mol. The van der Waals surface area contributed by atoms with E-state index in [4.69, 9.17) is 0 Å². The van der Waals surface area contributed by atoms with E-state index in [0.717, 1.165) is 29.7 Å². The molecule has 1 fully saturated rings. The number of hydrogen-bond acceptors (Lipinski definition) is 4. The van der Waals surface area contributed by atoms with Gasteiger partial charge in [-0.2, -0.15) is 0 Å². The normalized spacial score (nSPS) is 23.0. The molecule has 0 saturated heterocycles. The number of nitrogens with one attached hydrogen (secondary N) is 1. The van der Waals surface area contributed by atoms with E-state index in [1.54, 1.807) is 0 Å². The van der Waals surface area contributed by atoms with Gasteiger partial charge in [-0.05, 0) is 33.1 Å². The van der Waals surface area contributed by atoms with Crippen LogP contribution < -0.4 is 0 Å². The van der Waals surface area contributed by atoms with E-state index in [1.165, 1.54) is 6.42 Å². The number of aromatic amines is 1. The van der Waals surface area contributed by atoms with Crippen molar-refractivity contribution in [2.75, 3.05) is 0 Å². The number of nitrogens with zero attached hydrogens (tertiary/aromatic N) is 5. The van der Waals surface area contributed by atoms with Crippen LogP contribution in [0.15, 0.2) is 0 Å². The van der Waals surface area contributed by atoms with Crippen molar-refractivity contribution in [3.8, 4) is 0 Å². The summed E-state index contributed by atoms with van der Waals surface area (Å²) in [6.45, 7) is 5.94. The smallest absolute Gasteiger partial charge is 0.130 e. The Morgan fingerprint density at radius 2 is 1.82 bits per heavy atom. The van der Waals surface area contributed by atoms with Gasteiger partial charge in [0, 0.05) is 12.5 Å². The zero-order valence-corrected chi connectivity index (χ0v) is 10.3. The Labute approximate surface area is 99.5 Å². The van der Waals surface area contributed by atoms with Crippen molar-refractivity contribution in [2.24, 2.45) is 5.92 Å². The van der Waals surface area contributed by atoms with Gasteiger partial charge in [0.15, 0.2) is 0 Å². The Kier molecular flexibility index (Phi) is 2.24. The van der Waals surface area contributed by atoms with E-state index in [-0.39, 0.29) is 0 Å². The molecule has 17 heavy (non-hydrogen) atoms. The van der Waals surface area contributed by atoms with Crippen LogP contribution in [0.1, 0.15) is 35.8 Å². The van der Waals surface area contributed by atoms with Gasteiger partial charge < -0.3 is 9.55 Å². The maximum atomic E-state index is 4.11. The van der Waals surface area contributed by atoms with Gasteiger partial charge in [-0.25, -0.2) is 0 Å². The summed E-state index contributed by atoms with van der Waals surface area (Å²) in [5, 5.41) is 16.3. The summed E-state index contributed by atoms with van der Waals surface area (Å²) in [5.74, 6) is 4.51. The Morgan fingerprint density at radius 3 is 2.41 bits per heavy atom. The molecule has 2 aromatic rings. The second-order valence-corrected chi connectivity index (χ2v) is 4.79. The number of H-pyrrole nitrogens is 1. The third-order valence-electron chi connectivity index (χ3n) is 3.36. The van der Waals surface area contributed by atoms with Crippen molar-refractivity contribution in [3.63, 3.8) is 0 Å². The van der Waals surface area contributed by atoms with Crippen molar-refractivity contribution in [3.05, 3.63) is 23.3 Å². The van der Waals surface area contributed by atoms with Gasteiger partial charge >= 0.3 is 0 Å². The van der Waals surface area contributed by atoms with Crippen LogP contribution in [0, 0.1) is 26.7 Å². The lowest BCUT2D eigenvalue weighted by molar-refractivity contribution is 0.609. The summed E-state index contributed by atoms with van der Waals surface area (Å²) in [5.41, 5.74) is 0. The van der Waals surface area contributed by atoms with Gasteiger partial charge in [-0.1, -0.05) is 0 Å². The highest BCUT2D eigenvalue weighted by atomic mass is 15.3. The highest BCUT2D eigenvalue weighted by Gasteiger charge is 2.40. The predicted molar refractivity (Wildman–Crippen MR) is 61.5 cm³/mol. The Morgan fingerprint density at radius 1 is 1.12 bits per heavy atom. The molecule has 0 aliphatic heterocycles. The van der Waals surface area contributed by atoms with E-state index < -0.39 is 0 Å². The largest absolute Gasteiger partial charge is 0.329 e. The third kappa shape index (κ3) is 1.83. The van der Waals surface area contributed by atoms with Crippen LogP contribution in [0.3, 0.4) is 0 Å². The van der Waals surface area contributed by atoms with Crippen molar-refractivity contribution in [2.45, 2.75) is 39.7 Å². The Bertz CT molecular complexity index is 520. The molecule has 1 N–H and O–H groups in total. The molecule has 0 aromatic carbocycles. The van der Waals surface area contributed by atoms with E-state index >= 15 is 0 Å². The molecule has 1 aliphatic rings. The van der Waals surface area contributed by atoms with E-state index in [9.17, 15) is 0 Å². The molecular formula is C11H16N6. The van der Waals surface area contributed by atoms with Gasteiger partial charge in [-0.3, -0.25) is 0 Å². The zero-order chi connectivity index (χ0) is 12.0. The summed E-state index contributed by atoms with van der Waals surface area (Å²) >= 11 is 0. The topological polar surface area (TPSA) is 72.3 Å². The van der Waals surface area contributed by atoms with Crippen LogP contribution in [0.25, 0.3) is 0 Å². The standard InChI is InChI=1S/C11H16N6/c1-6-12-11(16-13-6)5-9-4-10(9)17-7(2)14-15-8(17)3/h9-10H,4-5H2,1-3H3,(H,12,13,16). The number of rotatable bonds is 3. The minimum Gasteiger partial charge on any atom is -0.329 e. The van der Waals surface area contributed by atoms with Gasteiger partial charge in [0.25, 0.3) is 0 Å². The summed E-state index contributed by atoms with van der Waals surface area (Å²) < 4.78 is 2.23. The third-order valence-corrected chi connectivity index (χ3v) is 3.36. The van der Waals surface area contributed by atoms with E-state index in [2.05, 4.69) is 29.9 Å². The fraction of sp³-hybridized carbons (Fsp3) is 0.636. The fourth-order valence-corrected chi connectivity index (χ4v) is 2.46. The van der Waals surface area contributed by atoms with Gasteiger partial charge in [0.05, 0.1) is 0 Å². The molecule has 1 aliphatic carbocycles. The second-order valence-electron chi connectivity index (χ2n) is 4.79. The predicted octanol–water partition coefficient (Wildman–Crippen LogP) is 1.13. The molecule has 2 unspecified atom stereocenters. The summed E-state index contributed by atoms with van der Waals surface area (Å²) in [4.78, 5) is 3.18. The summed E-state index contributed by atoms with van der Waals surface area (Å²) in [6.07, 6.45) is 2.14. The molecule has 3 rings (SSSR count). The van der Waals surface area contributed by atoms with Crippen LogP contribution >= 0.6 is 0 Å². The molecule has 0 amide bonds. The summed E-state index contributed by atoms with van der Waals surface area (Å²) in [6, 6.07) is 0.537. The molecule has 90 valence electrons. The molecule has 1 saturated carbocycles. The Balaban J connectivity index is 1.71. The van der Waals surface area contributed by atoms with Crippen LogP contribution in [0.2, 0.25) is 0 Å². The number of hydrogen-bond donors (Lipinski definition) is 1. The first-order valence-electron chi connectivity index (χ1n) is 5.91. The molecule has 2 aromatic heterocycles. The molecule has 0 spiro atoms. The first-order valence-corrected chi connectivity index (χ1v) is 5.91. The van der Waals surface area contributed by atoms with E-state index in [0.29, 0.717) is 12.0 Å². The molecule has 6 heteroatoms. The second kappa shape index (κ2) is 3.65. The van der Waals surface area contributed by atoms with Crippen molar-refractivity contribution >= 4 is 0 Å². The lowest BCUT2D eigenvalue weighted by Gasteiger charge is -2.04. The van der Waals surface area contributed by atoms with Crippen molar-refractivity contribution < 1.29 is 0 Å². The lowest BCUT2D eigenvalue weighted by Crippen LogP contribution is -2.03. The maximum absolute atomic E-state index is 4.11. The molecule has 2 atom stereocenters. The minimum atomic E-state index is 0.537. The molecule has 6 nitrogen and oxygen atoms in total. The SMILES string of the molecule is Cc1nnc(CC2CC2n2c(C)nnc2C)[nH]1. The number of aromatic nitrogens is 6. The highest BCUT2D eigenvalue weighted by Crippen LogP contribution is 2.45. The van der Waals surface area contributed by atoms with Crippen LogP contribution in [0.4, 0.5) is 0 Å². The van der Waals surface area contributed by atoms with Crippen molar-refractivity contribution in [1.29, 1.82) is 0 Å². The Hall–Kier alpha value is -1.72. The van der Waals surface area contributed by atoms with Crippen LogP contribution in [0.5, 0.6) is 0 Å². The van der Waals surface area contributed by atoms with Gasteiger partial charge in [-0.15, -0.1) is 20.4 Å². The number of aryl methyl sites for hydroxylation is 3. The summed E-state index contributed by atoms with van der Waals surface area (Å²) in [7, 11) is 0. The van der Waals surface area contributed by atoms with Crippen LogP contribution in [-0.4, -0.2) is 29.9 Å². The lowest BCUT2D eigenvalue weighted by atomic mass is 10.2.